The normalized spacial score (nSPS) is 15.5. The monoisotopic (exact) mass is 281 g/mol. The Bertz CT molecular complexity index is 298. The molecule has 0 rings (SSSR count). The summed E-state index contributed by atoms with van der Waals surface area (Å²) in [5.41, 5.74) is 1.24. The highest BCUT2D eigenvalue weighted by Crippen LogP contribution is 2.22. The second kappa shape index (κ2) is 10.0. The average molecular weight is 281 g/mol. The van der Waals surface area contributed by atoms with Crippen molar-refractivity contribution in [2.75, 3.05) is 13.6 Å². The van der Waals surface area contributed by atoms with E-state index >= 15 is 0 Å². The van der Waals surface area contributed by atoms with Gasteiger partial charge in [0.2, 0.25) is 0 Å². The van der Waals surface area contributed by atoms with Gasteiger partial charge in [0.25, 0.3) is 0 Å². The summed E-state index contributed by atoms with van der Waals surface area (Å²) in [6.45, 7) is 16.0. The molecule has 0 fully saturated rings. The number of allylic oxidation sites excluding steroid dienone is 1. The van der Waals surface area contributed by atoms with Gasteiger partial charge in [-0.25, -0.2) is 0 Å². The zero-order valence-corrected chi connectivity index (χ0v) is 14.5. The molecule has 0 N–H and O–H groups in total. The van der Waals surface area contributed by atoms with Gasteiger partial charge in [-0.2, -0.15) is 0 Å². The number of hydrogen-bond acceptors (Lipinski definition) is 2. The summed E-state index contributed by atoms with van der Waals surface area (Å²) in [6.07, 6.45) is 5.15. The number of rotatable bonds is 11. The van der Waals surface area contributed by atoms with E-state index in [1.54, 1.807) is 0 Å². The molecule has 0 radical (unpaired) electrons. The summed E-state index contributed by atoms with van der Waals surface area (Å²) in [6, 6.07) is 0. The standard InChI is InChI=1S/C18H35NO/c1-8-14(4)16(6)19(7)13-17(9-2)12-11-15(5)18(20)10-3/h14-15,17H,6,8-13H2,1-5,7H3. The molecule has 0 aromatic heterocycles. The first kappa shape index (κ1) is 19.2. The molecule has 0 saturated heterocycles. The number of hydrogen-bond donors (Lipinski definition) is 0. The largest absolute Gasteiger partial charge is 0.378 e. The number of nitrogens with zero attached hydrogens (tertiary/aromatic N) is 1. The van der Waals surface area contributed by atoms with Gasteiger partial charge in [-0.15, -0.1) is 0 Å². The van der Waals surface area contributed by atoms with Gasteiger partial charge >= 0.3 is 0 Å². The van der Waals surface area contributed by atoms with Gasteiger partial charge in [-0.3, -0.25) is 4.79 Å². The average Bonchev–Trinajstić information content (AvgIpc) is 2.47. The third-order valence-corrected chi connectivity index (χ3v) is 4.69. The lowest BCUT2D eigenvalue weighted by molar-refractivity contribution is -0.122. The second-order valence-electron chi connectivity index (χ2n) is 6.25. The summed E-state index contributed by atoms with van der Waals surface area (Å²) >= 11 is 0. The minimum Gasteiger partial charge on any atom is -0.378 e. The predicted octanol–water partition coefficient (Wildman–Crippen LogP) is 4.90. The predicted molar refractivity (Wildman–Crippen MR) is 88.7 cm³/mol. The molecule has 0 aromatic carbocycles. The van der Waals surface area contributed by atoms with Crippen LogP contribution in [0, 0.1) is 17.8 Å². The quantitative estimate of drug-likeness (QED) is 0.537. The molecule has 0 heterocycles. The Morgan fingerprint density at radius 1 is 1.05 bits per heavy atom. The lowest BCUT2D eigenvalue weighted by Crippen LogP contribution is -2.27. The molecule has 0 amide bonds. The molecule has 0 aromatic rings. The topological polar surface area (TPSA) is 20.3 Å². The maximum Gasteiger partial charge on any atom is 0.135 e. The second-order valence-corrected chi connectivity index (χ2v) is 6.25. The Morgan fingerprint density at radius 3 is 2.10 bits per heavy atom. The van der Waals surface area contributed by atoms with Gasteiger partial charge in [-0.1, -0.05) is 47.6 Å². The van der Waals surface area contributed by atoms with Gasteiger partial charge in [0.15, 0.2) is 0 Å². The van der Waals surface area contributed by atoms with Crippen LogP contribution in [0.1, 0.15) is 66.7 Å². The summed E-state index contributed by atoms with van der Waals surface area (Å²) in [5.74, 6) is 1.83. The SMILES string of the molecule is C=C(C(C)CC)N(C)CC(CC)CCC(C)C(=O)CC. The van der Waals surface area contributed by atoms with E-state index in [-0.39, 0.29) is 5.92 Å². The van der Waals surface area contributed by atoms with Crippen LogP contribution in [-0.4, -0.2) is 24.3 Å². The van der Waals surface area contributed by atoms with Gasteiger partial charge in [0, 0.05) is 31.6 Å². The van der Waals surface area contributed by atoms with Crippen molar-refractivity contribution in [3.63, 3.8) is 0 Å². The minimum atomic E-state index is 0.220. The number of Topliss-reactive ketones (excluding diaryl/α,β-unsaturated/α-hetero) is 1. The van der Waals surface area contributed by atoms with E-state index in [4.69, 9.17) is 0 Å². The van der Waals surface area contributed by atoms with Gasteiger partial charge in [0.05, 0.1) is 0 Å². The van der Waals surface area contributed by atoms with Crippen molar-refractivity contribution in [2.45, 2.75) is 66.7 Å². The highest BCUT2D eigenvalue weighted by atomic mass is 16.1. The molecule has 0 aliphatic carbocycles. The molecule has 118 valence electrons. The van der Waals surface area contributed by atoms with E-state index in [2.05, 4.69) is 46.2 Å². The highest BCUT2D eigenvalue weighted by molar-refractivity contribution is 5.80. The van der Waals surface area contributed by atoms with Crippen LogP contribution in [0.5, 0.6) is 0 Å². The molecule has 0 bridgehead atoms. The Morgan fingerprint density at radius 2 is 1.65 bits per heavy atom. The fourth-order valence-corrected chi connectivity index (χ4v) is 2.54. The fourth-order valence-electron chi connectivity index (χ4n) is 2.54. The molecule has 0 aliphatic rings. The van der Waals surface area contributed by atoms with E-state index in [0.29, 0.717) is 24.0 Å². The molecular formula is C18H35NO. The first-order valence-electron chi connectivity index (χ1n) is 8.29. The van der Waals surface area contributed by atoms with E-state index < -0.39 is 0 Å². The first-order chi connectivity index (χ1) is 9.37. The molecule has 0 aliphatic heterocycles. The number of carbonyl (C=O) groups excluding carboxylic acids is 1. The van der Waals surface area contributed by atoms with Crippen LogP contribution >= 0.6 is 0 Å². The molecule has 0 spiro atoms. The van der Waals surface area contributed by atoms with Crippen LogP contribution in [0.25, 0.3) is 0 Å². The molecule has 2 heteroatoms. The first-order valence-corrected chi connectivity index (χ1v) is 8.29. The Kier molecular flexibility index (Phi) is 9.62. The molecule has 0 saturated carbocycles. The van der Waals surface area contributed by atoms with Crippen molar-refractivity contribution in [1.82, 2.24) is 4.90 Å². The van der Waals surface area contributed by atoms with Crippen LogP contribution in [0.2, 0.25) is 0 Å². The highest BCUT2D eigenvalue weighted by Gasteiger charge is 2.17. The third-order valence-electron chi connectivity index (χ3n) is 4.69. The lowest BCUT2D eigenvalue weighted by Gasteiger charge is -2.30. The van der Waals surface area contributed by atoms with Crippen molar-refractivity contribution < 1.29 is 4.79 Å². The molecule has 2 nitrogen and oxygen atoms in total. The molecule has 3 atom stereocenters. The Hall–Kier alpha value is -0.790. The Balaban J connectivity index is 4.27. The fraction of sp³-hybridized carbons (Fsp3) is 0.833. The minimum absolute atomic E-state index is 0.220. The van der Waals surface area contributed by atoms with Crippen LogP contribution < -0.4 is 0 Å². The van der Waals surface area contributed by atoms with Crippen molar-refractivity contribution >= 4 is 5.78 Å². The van der Waals surface area contributed by atoms with Crippen LogP contribution in [0.3, 0.4) is 0 Å². The summed E-state index contributed by atoms with van der Waals surface area (Å²) in [5, 5.41) is 0. The van der Waals surface area contributed by atoms with Gasteiger partial charge < -0.3 is 4.90 Å². The van der Waals surface area contributed by atoms with Crippen LogP contribution in [-0.2, 0) is 4.79 Å². The zero-order valence-electron chi connectivity index (χ0n) is 14.5. The van der Waals surface area contributed by atoms with Crippen LogP contribution in [0.4, 0.5) is 0 Å². The van der Waals surface area contributed by atoms with Gasteiger partial charge in [0.1, 0.15) is 5.78 Å². The number of ketones is 1. The summed E-state index contributed by atoms with van der Waals surface area (Å²) in [4.78, 5) is 14.0. The molecule has 3 unspecified atom stereocenters. The maximum atomic E-state index is 11.6. The third kappa shape index (κ3) is 6.58. The Labute approximate surface area is 126 Å². The summed E-state index contributed by atoms with van der Waals surface area (Å²) < 4.78 is 0. The van der Waals surface area contributed by atoms with Crippen LogP contribution in [0.15, 0.2) is 12.3 Å². The van der Waals surface area contributed by atoms with Crippen molar-refractivity contribution in [1.29, 1.82) is 0 Å². The maximum absolute atomic E-state index is 11.6. The molecule has 20 heavy (non-hydrogen) atoms. The van der Waals surface area contributed by atoms with E-state index in [9.17, 15) is 4.79 Å². The number of carbonyl (C=O) groups is 1. The van der Waals surface area contributed by atoms with Crippen molar-refractivity contribution in [3.8, 4) is 0 Å². The van der Waals surface area contributed by atoms with E-state index in [1.165, 1.54) is 12.1 Å². The zero-order chi connectivity index (χ0) is 15.7. The van der Waals surface area contributed by atoms with Crippen molar-refractivity contribution in [2.24, 2.45) is 17.8 Å². The molecular weight excluding hydrogens is 246 g/mol. The lowest BCUT2D eigenvalue weighted by atomic mass is 9.91. The van der Waals surface area contributed by atoms with E-state index in [0.717, 1.165) is 25.8 Å². The van der Waals surface area contributed by atoms with Gasteiger partial charge in [-0.05, 0) is 31.1 Å². The van der Waals surface area contributed by atoms with E-state index in [1.807, 2.05) is 6.92 Å². The summed E-state index contributed by atoms with van der Waals surface area (Å²) in [7, 11) is 2.15. The smallest absolute Gasteiger partial charge is 0.135 e. The van der Waals surface area contributed by atoms with Crippen molar-refractivity contribution in [3.05, 3.63) is 12.3 Å².